The summed E-state index contributed by atoms with van der Waals surface area (Å²) in [5, 5.41) is 11.5. The summed E-state index contributed by atoms with van der Waals surface area (Å²) >= 11 is 7.58. The summed E-state index contributed by atoms with van der Waals surface area (Å²) in [4.78, 5) is 16.1. The number of hydrogen-bond donors (Lipinski definition) is 0. The zero-order valence-electron chi connectivity index (χ0n) is 15.3. The summed E-state index contributed by atoms with van der Waals surface area (Å²) in [6, 6.07) is 24.0. The van der Waals surface area contributed by atoms with E-state index < -0.39 is 10.5 Å². The van der Waals surface area contributed by atoms with Gasteiger partial charge in [0.1, 0.15) is 0 Å². The number of non-ortho nitro benzene ring substituents is 1. The molecule has 1 aliphatic heterocycles. The minimum absolute atomic E-state index is 0.0811. The van der Waals surface area contributed by atoms with E-state index in [0.717, 1.165) is 16.0 Å². The summed E-state index contributed by atoms with van der Waals surface area (Å²) in [6.07, 6.45) is 0. The zero-order valence-corrected chi connectivity index (χ0v) is 16.9. The number of nitro groups is 1. The number of aliphatic imine (C=N–C) groups is 1. The van der Waals surface area contributed by atoms with Crippen molar-refractivity contribution in [2.75, 3.05) is 12.3 Å². The number of nitrogens with zero attached hydrogens (tertiary/aromatic N) is 2. The van der Waals surface area contributed by atoms with Crippen LogP contribution >= 0.6 is 23.4 Å². The van der Waals surface area contributed by atoms with E-state index in [9.17, 15) is 10.1 Å². The van der Waals surface area contributed by atoms with Crippen molar-refractivity contribution in [1.82, 2.24) is 0 Å². The fourth-order valence-electron chi connectivity index (χ4n) is 3.11. The molecule has 0 saturated heterocycles. The third kappa shape index (κ3) is 4.28. The number of hydrogen-bond acceptors (Lipinski definition) is 5. The van der Waals surface area contributed by atoms with Crippen LogP contribution in [-0.2, 0) is 10.3 Å². The Balaban J connectivity index is 1.56. The molecule has 5 nitrogen and oxygen atoms in total. The van der Waals surface area contributed by atoms with Gasteiger partial charge in [-0.2, -0.15) is 0 Å². The lowest BCUT2D eigenvalue weighted by atomic mass is 9.96. The highest BCUT2D eigenvalue weighted by Gasteiger charge is 2.40. The van der Waals surface area contributed by atoms with Crippen molar-refractivity contribution >= 4 is 34.9 Å². The lowest BCUT2D eigenvalue weighted by Crippen LogP contribution is -2.33. The predicted octanol–water partition coefficient (Wildman–Crippen LogP) is 5.71. The predicted molar refractivity (Wildman–Crippen MR) is 116 cm³/mol. The van der Waals surface area contributed by atoms with Crippen molar-refractivity contribution in [2.45, 2.75) is 10.5 Å². The van der Waals surface area contributed by atoms with Crippen LogP contribution in [-0.4, -0.2) is 23.1 Å². The standard InChI is InChI=1S/C22H17ClN2O3S/c23-18-8-6-16(7-9-18)21-24-14-22(28-21,17-4-2-1-3-5-17)15-29-20-12-10-19(11-13-20)25(26)27/h1-13H,14-15H2. The van der Waals surface area contributed by atoms with Gasteiger partial charge in [-0.15, -0.1) is 11.8 Å². The molecule has 1 aliphatic rings. The Kier molecular flexibility index (Phi) is 5.56. The van der Waals surface area contributed by atoms with Gasteiger partial charge in [-0.25, -0.2) is 4.99 Å². The van der Waals surface area contributed by atoms with Crippen LogP contribution < -0.4 is 0 Å². The molecule has 3 aromatic carbocycles. The first-order valence-electron chi connectivity index (χ1n) is 8.98. The first kappa shape index (κ1) is 19.5. The molecule has 146 valence electrons. The molecule has 0 spiro atoms. The zero-order chi connectivity index (χ0) is 20.3. The summed E-state index contributed by atoms with van der Waals surface area (Å²) in [5.74, 6) is 1.21. The molecule has 3 aromatic rings. The molecule has 0 radical (unpaired) electrons. The van der Waals surface area contributed by atoms with Gasteiger partial charge >= 0.3 is 0 Å². The first-order valence-corrected chi connectivity index (χ1v) is 10.3. The van der Waals surface area contributed by atoms with Gasteiger partial charge in [0, 0.05) is 33.4 Å². The van der Waals surface area contributed by atoms with E-state index in [1.165, 1.54) is 12.1 Å². The number of rotatable bonds is 6. The van der Waals surface area contributed by atoms with Crippen molar-refractivity contribution in [3.63, 3.8) is 0 Å². The van der Waals surface area contributed by atoms with Gasteiger partial charge in [0.25, 0.3) is 5.69 Å². The molecule has 1 atom stereocenters. The van der Waals surface area contributed by atoms with Gasteiger partial charge in [0.15, 0.2) is 5.60 Å². The summed E-state index contributed by atoms with van der Waals surface area (Å²) in [6.45, 7) is 0.495. The number of thioether (sulfide) groups is 1. The van der Waals surface area contributed by atoms with Crippen molar-refractivity contribution < 1.29 is 9.66 Å². The molecular weight excluding hydrogens is 408 g/mol. The minimum Gasteiger partial charge on any atom is -0.463 e. The Hall–Kier alpha value is -2.83. The summed E-state index contributed by atoms with van der Waals surface area (Å²) in [5.41, 5.74) is 1.40. The van der Waals surface area contributed by atoms with E-state index in [2.05, 4.69) is 4.99 Å². The molecule has 0 bridgehead atoms. The van der Waals surface area contributed by atoms with E-state index in [0.29, 0.717) is 23.2 Å². The maximum atomic E-state index is 10.9. The van der Waals surface area contributed by atoms with Crippen LogP contribution in [0.3, 0.4) is 0 Å². The highest BCUT2D eigenvalue weighted by atomic mass is 35.5. The number of ether oxygens (including phenoxy) is 1. The summed E-state index contributed by atoms with van der Waals surface area (Å²) < 4.78 is 6.42. The largest absolute Gasteiger partial charge is 0.463 e. The van der Waals surface area contributed by atoms with Gasteiger partial charge in [-0.1, -0.05) is 41.9 Å². The third-order valence-corrected chi connectivity index (χ3v) is 6.15. The van der Waals surface area contributed by atoms with E-state index in [1.54, 1.807) is 23.9 Å². The number of nitro benzene ring substituents is 1. The monoisotopic (exact) mass is 424 g/mol. The fraction of sp³-hybridized carbons (Fsp3) is 0.136. The van der Waals surface area contributed by atoms with E-state index in [4.69, 9.17) is 16.3 Å². The second kappa shape index (κ2) is 8.27. The Morgan fingerprint density at radius 1 is 1.03 bits per heavy atom. The summed E-state index contributed by atoms with van der Waals surface area (Å²) in [7, 11) is 0. The maximum absolute atomic E-state index is 10.9. The SMILES string of the molecule is O=[N+]([O-])c1ccc(SCC2(c3ccccc3)CN=C(c3ccc(Cl)cc3)O2)cc1. The Labute approximate surface area is 177 Å². The number of halogens is 1. The quantitative estimate of drug-likeness (QED) is 0.288. The Morgan fingerprint density at radius 3 is 2.38 bits per heavy atom. The van der Waals surface area contributed by atoms with E-state index in [-0.39, 0.29) is 5.69 Å². The Bertz CT molecular complexity index is 1040. The molecule has 1 unspecified atom stereocenters. The average molecular weight is 425 g/mol. The van der Waals surface area contributed by atoms with Gasteiger partial charge in [0.05, 0.1) is 11.5 Å². The third-order valence-electron chi connectivity index (χ3n) is 4.68. The second-order valence-electron chi connectivity index (χ2n) is 6.63. The average Bonchev–Trinajstić information content (AvgIpc) is 3.19. The molecule has 7 heteroatoms. The molecule has 0 aromatic heterocycles. The van der Waals surface area contributed by atoms with Gasteiger partial charge in [-0.05, 0) is 42.0 Å². The van der Waals surface area contributed by atoms with Crippen molar-refractivity contribution in [3.05, 3.63) is 105 Å². The minimum atomic E-state index is -0.608. The van der Waals surface area contributed by atoms with Crippen LogP contribution in [0.1, 0.15) is 11.1 Å². The smallest absolute Gasteiger partial charge is 0.269 e. The maximum Gasteiger partial charge on any atom is 0.269 e. The van der Waals surface area contributed by atoms with Crippen LogP contribution in [0.4, 0.5) is 5.69 Å². The molecule has 0 amide bonds. The van der Waals surface area contributed by atoms with Gasteiger partial charge in [-0.3, -0.25) is 10.1 Å². The molecule has 4 rings (SSSR count). The first-order chi connectivity index (χ1) is 14.1. The van der Waals surface area contributed by atoms with Crippen LogP contribution in [0.2, 0.25) is 5.02 Å². The van der Waals surface area contributed by atoms with Crippen LogP contribution in [0.25, 0.3) is 0 Å². The molecule has 1 heterocycles. The van der Waals surface area contributed by atoms with E-state index in [1.807, 2.05) is 54.6 Å². The topological polar surface area (TPSA) is 64.7 Å². The van der Waals surface area contributed by atoms with Gasteiger partial charge < -0.3 is 4.74 Å². The highest BCUT2D eigenvalue weighted by Crippen LogP contribution is 2.38. The molecule has 0 aliphatic carbocycles. The van der Waals surface area contributed by atoms with E-state index >= 15 is 0 Å². The second-order valence-corrected chi connectivity index (χ2v) is 8.12. The van der Waals surface area contributed by atoms with Gasteiger partial charge in [0.2, 0.25) is 5.90 Å². The fourth-order valence-corrected chi connectivity index (χ4v) is 4.28. The van der Waals surface area contributed by atoms with Crippen molar-refractivity contribution in [2.24, 2.45) is 4.99 Å². The molecule has 0 saturated carbocycles. The Morgan fingerprint density at radius 2 is 1.72 bits per heavy atom. The molecular formula is C22H17ClN2O3S. The highest BCUT2D eigenvalue weighted by molar-refractivity contribution is 7.99. The van der Waals surface area contributed by atoms with Crippen LogP contribution in [0, 0.1) is 10.1 Å². The normalized spacial score (nSPS) is 18.2. The number of benzene rings is 3. The lowest BCUT2D eigenvalue weighted by Gasteiger charge is -2.29. The van der Waals surface area contributed by atoms with Crippen LogP contribution in [0.15, 0.2) is 88.8 Å². The van der Waals surface area contributed by atoms with Crippen LogP contribution in [0.5, 0.6) is 0 Å². The molecule has 29 heavy (non-hydrogen) atoms. The lowest BCUT2D eigenvalue weighted by molar-refractivity contribution is -0.384. The molecule has 0 N–H and O–H groups in total. The van der Waals surface area contributed by atoms with Crippen molar-refractivity contribution in [1.29, 1.82) is 0 Å². The van der Waals surface area contributed by atoms with Crippen molar-refractivity contribution in [3.8, 4) is 0 Å². The molecule has 0 fully saturated rings.